The van der Waals surface area contributed by atoms with Gasteiger partial charge in [0.05, 0.1) is 0 Å². The highest BCUT2D eigenvalue weighted by atomic mass is 15.0. The molecule has 6 heteroatoms. The molecule has 2 aromatic heterocycles. The van der Waals surface area contributed by atoms with Crippen LogP contribution in [0.2, 0.25) is 0 Å². The molecule has 10 aromatic carbocycles. The van der Waals surface area contributed by atoms with E-state index in [1.807, 2.05) is 146 Å². The van der Waals surface area contributed by atoms with Gasteiger partial charge in [0.25, 0.3) is 0 Å². The maximum atomic E-state index is 5.07. The summed E-state index contributed by atoms with van der Waals surface area (Å²) in [6, 6.07) is 82.9. The predicted octanol–water partition coefficient (Wildman–Crippen LogP) is 23.6. The fraction of sp³-hybridized carbons (Fsp3) is 0.235. The quantitative estimate of drug-likeness (QED) is 0.0397. The molecule has 0 amide bonds. The lowest BCUT2D eigenvalue weighted by atomic mass is 10.0. The second-order valence-electron chi connectivity index (χ2n) is 27.6. The van der Waals surface area contributed by atoms with Crippen molar-refractivity contribution in [2.75, 3.05) is 0 Å². The van der Waals surface area contributed by atoms with E-state index in [0.29, 0.717) is 34.9 Å². The van der Waals surface area contributed by atoms with Gasteiger partial charge in [0.2, 0.25) is 0 Å². The first kappa shape index (κ1) is 75.3. The molecule has 0 radical (unpaired) electrons. The fourth-order valence-electron chi connectivity index (χ4n) is 12.6. The molecule has 0 aliphatic carbocycles. The van der Waals surface area contributed by atoms with Crippen LogP contribution >= 0.6 is 0 Å². The summed E-state index contributed by atoms with van der Waals surface area (Å²) >= 11 is 0. The molecule has 12 rings (SSSR count). The monoisotopic (exact) mass is 1400 g/mol. The SMILES string of the molecule is CCCCCCc1ccc(C#Cc2ccc(-c3nc(-c4ccc(C#CC#Cc5ccc(-c6nc(-c7ccc(C#Cc8ccc(CCCCCC)cc8)cc7)nc(-c7ccc(C#Cc8ccc(CCCCCC)cc8)cc7)n6)cc5)cc4)nc(-c4ccc(C#Cc5ccc(CCCCCC)cc5)cc4)n3)cc2)cc1. The molecule has 0 spiro atoms. The summed E-state index contributed by atoms with van der Waals surface area (Å²) in [6.45, 7) is 9.00. The molecule has 108 heavy (non-hydrogen) atoms. The number of hydrogen-bond donors (Lipinski definition) is 0. The Labute approximate surface area is 642 Å². The van der Waals surface area contributed by atoms with Crippen LogP contribution < -0.4 is 0 Å². The minimum Gasteiger partial charge on any atom is -0.208 e. The van der Waals surface area contributed by atoms with E-state index in [2.05, 4.69) is 196 Å². The molecule has 0 bridgehead atoms. The van der Waals surface area contributed by atoms with Crippen LogP contribution in [0.3, 0.4) is 0 Å². The third kappa shape index (κ3) is 23.0. The second-order valence-corrected chi connectivity index (χ2v) is 27.6. The minimum atomic E-state index is 0.540. The zero-order valence-electron chi connectivity index (χ0n) is 62.9. The topological polar surface area (TPSA) is 77.3 Å². The van der Waals surface area contributed by atoms with Crippen molar-refractivity contribution in [3.05, 3.63) is 321 Å². The van der Waals surface area contributed by atoms with Crippen molar-refractivity contribution in [2.45, 2.75) is 156 Å². The van der Waals surface area contributed by atoms with E-state index in [1.54, 1.807) is 0 Å². The smallest absolute Gasteiger partial charge is 0.164 e. The van der Waals surface area contributed by atoms with Crippen molar-refractivity contribution >= 4 is 0 Å². The summed E-state index contributed by atoms with van der Waals surface area (Å²) < 4.78 is 0. The molecule has 0 unspecified atom stereocenters. The van der Waals surface area contributed by atoms with Crippen LogP contribution in [-0.2, 0) is 25.7 Å². The van der Waals surface area contributed by atoms with Crippen LogP contribution in [-0.4, -0.2) is 29.9 Å². The maximum Gasteiger partial charge on any atom is 0.164 e. The van der Waals surface area contributed by atoms with E-state index >= 15 is 0 Å². The lowest BCUT2D eigenvalue weighted by Crippen LogP contribution is -2.00. The van der Waals surface area contributed by atoms with Gasteiger partial charge in [-0.15, -0.1) is 0 Å². The standard InChI is InChI=1S/C102H92N6/c1-5-9-13-17-23-77-29-37-83(38-30-77)45-49-87-57-69-93(70-58-87)99-103-97(104-100(107-99)94-71-59-88(60-72-94)50-46-84-39-31-78(32-40-84)24-18-14-10-6-2)91-65-53-81(54-66-91)27-21-22-28-82-55-67-92(68-56-82)98-105-101(95-73-61-89(62-74-95)51-47-85-41-33-79(34-42-85)25-19-15-11-7-3)108-102(106-98)96-75-63-90(64-76-96)52-48-86-43-35-80(36-44-86)26-20-16-12-8-4/h29-44,53-76H,5-20,23-26H2,1-4H3. The lowest BCUT2D eigenvalue weighted by molar-refractivity contribution is 0.667. The molecular weight excluding hydrogens is 1310 g/mol. The highest BCUT2D eigenvalue weighted by molar-refractivity contribution is 5.70. The van der Waals surface area contributed by atoms with E-state index in [0.717, 1.165) is 115 Å². The molecular formula is C102H92N6. The number of nitrogens with zero attached hydrogens (tertiary/aromatic N) is 6. The Morgan fingerprint density at radius 1 is 0.167 bits per heavy atom. The van der Waals surface area contributed by atoms with E-state index in [-0.39, 0.29) is 0 Å². The number of aromatic nitrogens is 6. The number of rotatable bonds is 26. The molecule has 0 saturated carbocycles. The Balaban J connectivity index is 0.755. The Kier molecular flexibility index (Phi) is 28.0. The van der Waals surface area contributed by atoms with Gasteiger partial charge in [0, 0.05) is 89.0 Å². The average molecular weight is 1400 g/mol. The van der Waals surface area contributed by atoms with Crippen molar-refractivity contribution in [3.63, 3.8) is 0 Å². The molecule has 12 aromatic rings. The summed E-state index contributed by atoms with van der Waals surface area (Å²) in [6.07, 6.45) is 24.5. The molecule has 0 aliphatic heterocycles. The Bertz CT molecular complexity index is 4700. The zero-order valence-corrected chi connectivity index (χ0v) is 62.9. The third-order valence-corrected chi connectivity index (χ3v) is 19.1. The van der Waals surface area contributed by atoms with E-state index in [4.69, 9.17) is 29.9 Å². The molecule has 6 nitrogen and oxygen atoms in total. The van der Waals surface area contributed by atoms with Crippen LogP contribution in [0.1, 0.15) is 208 Å². The average Bonchev–Trinajstić information content (AvgIpc) is 0.803. The summed E-state index contributed by atoms with van der Waals surface area (Å²) in [4.78, 5) is 30.4. The van der Waals surface area contributed by atoms with E-state index in [1.165, 1.54) is 125 Å². The molecule has 0 fully saturated rings. The molecule has 530 valence electrons. The first-order chi connectivity index (χ1) is 53.3. The number of aryl methyl sites for hydroxylation is 4. The van der Waals surface area contributed by atoms with Crippen molar-refractivity contribution in [1.29, 1.82) is 0 Å². The Morgan fingerprint density at radius 2 is 0.315 bits per heavy atom. The molecule has 2 heterocycles. The fourth-order valence-corrected chi connectivity index (χ4v) is 12.6. The summed E-state index contributed by atoms with van der Waals surface area (Å²) in [5.74, 6) is 42.8. The van der Waals surface area contributed by atoms with Crippen molar-refractivity contribution in [1.82, 2.24) is 29.9 Å². The van der Waals surface area contributed by atoms with Crippen LogP contribution in [0.5, 0.6) is 0 Å². The van der Waals surface area contributed by atoms with E-state index in [9.17, 15) is 0 Å². The van der Waals surface area contributed by atoms with Gasteiger partial charge in [-0.25, -0.2) is 29.9 Å². The second kappa shape index (κ2) is 40.2. The number of benzene rings is 10. The van der Waals surface area contributed by atoms with Crippen molar-refractivity contribution in [3.8, 4) is 139 Å². The van der Waals surface area contributed by atoms with Gasteiger partial charge >= 0.3 is 0 Å². The van der Waals surface area contributed by atoms with Crippen LogP contribution in [0.25, 0.3) is 68.3 Å². The summed E-state index contributed by atoms with van der Waals surface area (Å²) in [7, 11) is 0. The molecule has 0 N–H and O–H groups in total. The number of unbranched alkanes of at least 4 members (excludes halogenated alkanes) is 12. The first-order valence-electron chi connectivity index (χ1n) is 38.9. The Morgan fingerprint density at radius 3 is 0.472 bits per heavy atom. The van der Waals surface area contributed by atoms with E-state index < -0.39 is 0 Å². The summed E-state index contributed by atoms with van der Waals surface area (Å²) in [5.41, 5.74) is 19.7. The normalized spacial score (nSPS) is 10.5. The predicted molar refractivity (Wildman–Crippen MR) is 447 cm³/mol. The van der Waals surface area contributed by atoms with Gasteiger partial charge in [0.15, 0.2) is 34.9 Å². The van der Waals surface area contributed by atoms with Crippen LogP contribution in [0.15, 0.2) is 243 Å². The van der Waals surface area contributed by atoms with Gasteiger partial charge in [-0.2, -0.15) is 0 Å². The minimum absolute atomic E-state index is 0.540. The van der Waals surface area contributed by atoms with Gasteiger partial charge in [-0.05, 0) is 280 Å². The maximum absolute atomic E-state index is 5.07. The molecule has 0 aliphatic rings. The number of hydrogen-bond acceptors (Lipinski definition) is 6. The highest BCUT2D eigenvalue weighted by Gasteiger charge is 2.16. The molecule has 0 saturated heterocycles. The highest BCUT2D eigenvalue weighted by Crippen LogP contribution is 2.29. The summed E-state index contributed by atoms with van der Waals surface area (Å²) in [5, 5.41) is 0. The van der Waals surface area contributed by atoms with Crippen molar-refractivity contribution in [2.24, 2.45) is 0 Å². The first-order valence-corrected chi connectivity index (χ1v) is 38.9. The molecule has 0 atom stereocenters. The van der Waals surface area contributed by atoms with Gasteiger partial charge in [-0.3, -0.25) is 0 Å². The van der Waals surface area contributed by atoms with Crippen LogP contribution in [0, 0.1) is 71.0 Å². The van der Waals surface area contributed by atoms with Gasteiger partial charge < -0.3 is 0 Å². The van der Waals surface area contributed by atoms with Gasteiger partial charge in [-0.1, -0.05) is 212 Å². The van der Waals surface area contributed by atoms with Crippen molar-refractivity contribution < 1.29 is 0 Å². The third-order valence-electron chi connectivity index (χ3n) is 19.1. The van der Waals surface area contributed by atoms with Gasteiger partial charge in [0.1, 0.15) is 0 Å². The largest absolute Gasteiger partial charge is 0.208 e. The Hall–Kier alpha value is -12.4. The lowest BCUT2D eigenvalue weighted by Gasteiger charge is -2.09. The van der Waals surface area contributed by atoms with Crippen LogP contribution in [0.4, 0.5) is 0 Å². The zero-order chi connectivity index (χ0) is 74.2.